The summed E-state index contributed by atoms with van der Waals surface area (Å²) < 4.78 is 12.0. The standard InChI is InChI=1S/C18H23N5O4S/c1-12-5-6-13(2)15(8-12)23-18(20-21-22-23)28-11-17(25)27-10-16(24)19-9-14-4-3-7-26-14/h5-6,8,14H,3-4,7,9-11H2,1-2H3,(H,19,24)/t14-/m1/s1. The summed E-state index contributed by atoms with van der Waals surface area (Å²) >= 11 is 1.16. The number of rotatable bonds is 8. The minimum Gasteiger partial charge on any atom is -0.455 e. The lowest BCUT2D eigenvalue weighted by Gasteiger charge is -2.11. The summed E-state index contributed by atoms with van der Waals surface area (Å²) in [5.74, 6) is -0.841. The van der Waals surface area contributed by atoms with Crippen LogP contribution in [0, 0.1) is 13.8 Å². The van der Waals surface area contributed by atoms with Gasteiger partial charge in [-0.15, -0.1) is 5.10 Å². The van der Waals surface area contributed by atoms with Crippen molar-refractivity contribution in [1.82, 2.24) is 25.5 Å². The highest BCUT2D eigenvalue weighted by atomic mass is 32.2. The fraction of sp³-hybridized carbons (Fsp3) is 0.500. The van der Waals surface area contributed by atoms with Gasteiger partial charge in [-0.2, -0.15) is 4.68 Å². The second-order valence-electron chi connectivity index (χ2n) is 6.55. The largest absolute Gasteiger partial charge is 0.455 e. The summed E-state index contributed by atoms with van der Waals surface area (Å²) in [7, 11) is 0. The molecule has 0 bridgehead atoms. The molecule has 1 aliphatic rings. The van der Waals surface area contributed by atoms with Gasteiger partial charge in [0.15, 0.2) is 6.61 Å². The maximum absolute atomic E-state index is 11.9. The van der Waals surface area contributed by atoms with Crippen molar-refractivity contribution in [1.29, 1.82) is 0 Å². The molecule has 1 fully saturated rings. The molecular weight excluding hydrogens is 382 g/mol. The van der Waals surface area contributed by atoms with E-state index in [0.717, 1.165) is 48.0 Å². The summed E-state index contributed by atoms with van der Waals surface area (Å²) in [5.41, 5.74) is 2.96. The minimum atomic E-state index is -0.507. The topological polar surface area (TPSA) is 108 Å². The quantitative estimate of drug-likeness (QED) is 0.516. The van der Waals surface area contributed by atoms with E-state index in [9.17, 15) is 9.59 Å². The third kappa shape index (κ3) is 5.52. The van der Waals surface area contributed by atoms with E-state index < -0.39 is 5.97 Å². The van der Waals surface area contributed by atoms with Gasteiger partial charge in [-0.3, -0.25) is 9.59 Å². The van der Waals surface area contributed by atoms with E-state index in [4.69, 9.17) is 9.47 Å². The fourth-order valence-corrected chi connectivity index (χ4v) is 3.44. The van der Waals surface area contributed by atoms with Gasteiger partial charge < -0.3 is 14.8 Å². The number of aromatic nitrogens is 4. The van der Waals surface area contributed by atoms with Gasteiger partial charge in [-0.25, -0.2) is 0 Å². The van der Waals surface area contributed by atoms with E-state index in [1.165, 1.54) is 0 Å². The molecule has 1 amide bonds. The number of carbonyl (C=O) groups excluding carboxylic acids is 2. The molecule has 0 unspecified atom stereocenters. The van der Waals surface area contributed by atoms with Crippen LogP contribution in [0.3, 0.4) is 0 Å². The van der Waals surface area contributed by atoms with E-state index in [1.54, 1.807) is 4.68 Å². The number of benzene rings is 1. The lowest BCUT2D eigenvalue weighted by Crippen LogP contribution is -2.35. The molecule has 2 aromatic rings. The van der Waals surface area contributed by atoms with Crippen molar-refractivity contribution < 1.29 is 19.1 Å². The molecule has 1 N–H and O–H groups in total. The highest BCUT2D eigenvalue weighted by molar-refractivity contribution is 7.99. The maximum Gasteiger partial charge on any atom is 0.316 e. The Morgan fingerprint density at radius 1 is 1.39 bits per heavy atom. The van der Waals surface area contributed by atoms with E-state index in [-0.39, 0.29) is 24.4 Å². The van der Waals surface area contributed by atoms with Gasteiger partial charge in [0.1, 0.15) is 0 Å². The summed E-state index contributed by atoms with van der Waals surface area (Å²) in [5, 5.41) is 14.9. The normalized spacial score (nSPS) is 16.1. The second-order valence-corrected chi connectivity index (χ2v) is 7.49. The highest BCUT2D eigenvalue weighted by Crippen LogP contribution is 2.21. The molecule has 3 rings (SSSR count). The van der Waals surface area contributed by atoms with E-state index in [2.05, 4.69) is 20.8 Å². The van der Waals surface area contributed by atoms with Gasteiger partial charge >= 0.3 is 5.97 Å². The number of thioether (sulfide) groups is 1. The Morgan fingerprint density at radius 3 is 3.04 bits per heavy atom. The van der Waals surface area contributed by atoms with E-state index in [1.807, 2.05) is 32.0 Å². The molecule has 1 saturated heterocycles. The Labute approximate surface area is 167 Å². The number of hydrogen-bond acceptors (Lipinski definition) is 8. The van der Waals surface area contributed by atoms with Crippen LogP contribution in [0.15, 0.2) is 23.4 Å². The number of nitrogens with zero attached hydrogens (tertiary/aromatic N) is 4. The highest BCUT2D eigenvalue weighted by Gasteiger charge is 2.17. The van der Waals surface area contributed by atoms with Crippen molar-refractivity contribution in [3.63, 3.8) is 0 Å². The van der Waals surface area contributed by atoms with Crippen molar-refractivity contribution in [2.24, 2.45) is 0 Å². The number of carbonyl (C=O) groups is 2. The zero-order valence-corrected chi connectivity index (χ0v) is 16.7. The van der Waals surface area contributed by atoms with E-state index in [0.29, 0.717) is 11.7 Å². The van der Waals surface area contributed by atoms with Crippen LogP contribution in [0.1, 0.15) is 24.0 Å². The van der Waals surface area contributed by atoms with Gasteiger partial charge in [0.2, 0.25) is 5.16 Å². The van der Waals surface area contributed by atoms with Crippen LogP contribution in [0.4, 0.5) is 0 Å². The molecule has 1 atom stereocenters. The number of nitrogens with one attached hydrogen (secondary N) is 1. The SMILES string of the molecule is Cc1ccc(C)c(-n2nnnc2SCC(=O)OCC(=O)NC[C@H]2CCCO2)c1. The molecule has 1 aromatic carbocycles. The van der Waals surface area contributed by atoms with Crippen molar-refractivity contribution >= 4 is 23.6 Å². The number of aryl methyl sites for hydroxylation is 2. The third-order valence-corrected chi connectivity index (χ3v) is 5.16. The number of tetrazole rings is 1. The molecule has 10 heteroatoms. The van der Waals surface area contributed by atoms with Crippen LogP contribution in [-0.2, 0) is 19.1 Å². The smallest absolute Gasteiger partial charge is 0.316 e. The summed E-state index contributed by atoms with van der Waals surface area (Å²) in [6, 6.07) is 5.98. The first-order valence-corrected chi connectivity index (χ1v) is 10.0. The predicted molar refractivity (Wildman–Crippen MR) is 102 cm³/mol. The van der Waals surface area contributed by atoms with Crippen molar-refractivity contribution in [2.45, 2.75) is 37.9 Å². The molecule has 1 aromatic heterocycles. The molecular formula is C18H23N5O4S. The van der Waals surface area contributed by atoms with Crippen LogP contribution >= 0.6 is 11.8 Å². The fourth-order valence-electron chi connectivity index (χ4n) is 2.76. The third-order valence-electron chi connectivity index (χ3n) is 4.27. The first kappa shape index (κ1) is 20.3. The second kappa shape index (κ2) is 9.65. The lowest BCUT2D eigenvalue weighted by atomic mass is 10.1. The summed E-state index contributed by atoms with van der Waals surface area (Å²) in [6.45, 7) is 4.81. The van der Waals surface area contributed by atoms with Crippen LogP contribution in [0.25, 0.3) is 5.69 Å². The average molecular weight is 405 g/mol. The zero-order valence-electron chi connectivity index (χ0n) is 15.9. The summed E-state index contributed by atoms with van der Waals surface area (Å²) in [6.07, 6.45) is 2.00. The molecule has 28 heavy (non-hydrogen) atoms. The Balaban J connectivity index is 1.45. The van der Waals surface area contributed by atoms with Crippen molar-refractivity contribution in [2.75, 3.05) is 25.5 Å². The van der Waals surface area contributed by atoms with Crippen LogP contribution < -0.4 is 5.32 Å². The van der Waals surface area contributed by atoms with Crippen LogP contribution in [0.2, 0.25) is 0 Å². The monoisotopic (exact) mass is 405 g/mol. The van der Waals surface area contributed by atoms with Crippen molar-refractivity contribution in [3.8, 4) is 5.69 Å². The van der Waals surface area contributed by atoms with Gasteiger partial charge in [0, 0.05) is 13.2 Å². The van der Waals surface area contributed by atoms with Gasteiger partial charge in [0.05, 0.1) is 17.5 Å². The number of ether oxygens (including phenoxy) is 2. The van der Waals surface area contributed by atoms with Gasteiger partial charge in [-0.1, -0.05) is 23.9 Å². The Kier molecular flexibility index (Phi) is 6.99. The molecule has 1 aliphatic heterocycles. The minimum absolute atomic E-state index is 0.00422. The first-order chi connectivity index (χ1) is 13.5. The van der Waals surface area contributed by atoms with Crippen molar-refractivity contribution in [3.05, 3.63) is 29.3 Å². The molecule has 9 nitrogen and oxygen atoms in total. The van der Waals surface area contributed by atoms with Gasteiger partial charge in [0.25, 0.3) is 5.91 Å². The van der Waals surface area contributed by atoms with Gasteiger partial charge in [-0.05, 0) is 54.3 Å². The number of amides is 1. The van der Waals surface area contributed by atoms with Crippen LogP contribution in [0.5, 0.6) is 0 Å². The average Bonchev–Trinajstić information content (AvgIpc) is 3.36. The molecule has 0 aliphatic carbocycles. The first-order valence-electron chi connectivity index (χ1n) is 9.05. The maximum atomic E-state index is 11.9. The summed E-state index contributed by atoms with van der Waals surface area (Å²) in [4.78, 5) is 23.7. The number of hydrogen-bond donors (Lipinski definition) is 1. The Hall–Kier alpha value is -2.46. The molecule has 0 radical (unpaired) electrons. The van der Waals surface area contributed by atoms with Crippen LogP contribution in [-0.4, -0.2) is 63.7 Å². The van der Waals surface area contributed by atoms with E-state index >= 15 is 0 Å². The zero-order chi connectivity index (χ0) is 19.9. The molecule has 0 saturated carbocycles. The predicted octanol–water partition coefficient (Wildman–Crippen LogP) is 1.21. The molecule has 0 spiro atoms. The number of esters is 1. The lowest BCUT2D eigenvalue weighted by molar-refractivity contribution is -0.146. The Bertz CT molecular complexity index is 835. The Morgan fingerprint density at radius 2 is 2.25 bits per heavy atom. The molecule has 2 heterocycles. The molecule has 150 valence electrons.